The average molecular weight is 479 g/mol. The molecule has 0 unspecified atom stereocenters. The van der Waals surface area contributed by atoms with Crippen molar-refractivity contribution in [3.63, 3.8) is 0 Å². The topological polar surface area (TPSA) is 66.9 Å². The minimum Gasteiger partial charge on any atom is -0.481 e. The van der Waals surface area contributed by atoms with Crippen LogP contribution in [0, 0.1) is 13.8 Å². The average Bonchev–Trinajstić information content (AvgIpc) is 3.09. The molecule has 6 nitrogen and oxygen atoms in total. The van der Waals surface area contributed by atoms with Crippen LogP contribution in [0.1, 0.15) is 30.0 Å². The third-order valence-electron chi connectivity index (χ3n) is 5.81. The Morgan fingerprint density at radius 1 is 1.16 bits per heavy atom. The Labute approximate surface area is 196 Å². The van der Waals surface area contributed by atoms with Gasteiger partial charge in [0.05, 0.1) is 11.5 Å². The summed E-state index contributed by atoms with van der Waals surface area (Å²) in [5.74, 6) is 0.431. The van der Waals surface area contributed by atoms with E-state index in [9.17, 15) is 13.2 Å². The minimum atomic E-state index is -3.14. The molecule has 1 amide bonds. The van der Waals surface area contributed by atoms with Crippen molar-refractivity contribution < 1.29 is 17.9 Å². The summed E-state index contributed by atoms with van der Waals surface area (Å²) >= 11 is 6.24. The lowest BCUT2D eigenvalue weighted by molar-refractivity contribution is -0.140. The van der Waals surface area contributed by atoms with Crippen LogP contribution in [0.3, 0.4) is 0 Å². The SMILES string of the molecule is Cc1cc(O[C@@H](C)C(=O)N(Cc2ccc(N(C)C)cc2)[C@H]2CCS(=O)(=O)C2)cc(C)c1Cl. The fraction of sp³-hybridized carbons (Fsp3) is 0.458. The molecule has 0 N–H and O–H groups in total. The number of anilines is 1. The van der Waals surface area contributed by atoms with Crippen molar-refractivity contribution in [2.45, 2.75) is 45.9 Å². The molecule has 0 bridgehead atoms. The van der Waals surface area contributed by atoms with E-state index in [0.717, 1.165) is 22.4 Å². The number of ether oxygens (including phenoxy) is 1. The van der Waals surface area contributed by atoms with Crippen molar-refractivity contribution in [3.05, 3.63) is 58.1 Å². The first-order valence-electron chi connectivity index (χ1n) is 10.7. The highest BCUT2D eigenvalue weighted by molar-refractivity contribution is 7.91. The highest BCUT2D eigenvalue weighted by atomic mass is 35.5. The molecule has 0 spiro atoms. The van der Waals surface area contributed by atoms with E-state index in [1.54, 1.807) is 11.8 Å². The van der Waals surface area contributed by atoms with E-state index in [0.29, 0.717) is 23.7 Å². The summed E-state index contributed by atoms with van der Waals surface area (Å²) in [5.41, 5.74) is 3.75. The number of aryl methyl sites for hydroxylation is 2. The molecular formula is C24H31ClN2O4S. The number of carbonyl (C=O) groups is 1. The second-order valence-corrected chi connectivity index (χ2v) is 11.3. The lowest BCUT2D eigenvalue weighted by Crippen LogP contribution is -2.46. The summed E-state index contributed by atoms with van der Waals surface area (Å²) in [5, 5.41) is 0.676. The molecule has 0 aliphatic carbocycles. The summed E-state index contributed by atoms with van der Waals surface area (Å²) in [4.78, 5) is 17.1. The van der Waals surface area contributed by atoms with Crippen LogP contribution in [0.2, 0.25) is 5.02 Å². The van der Waals surface area contributed by atoms with Crippen molar-refractivity contribution in [3.8, 4) is 5.75 Å². The molecule has 8 heteroatoms. The van der Waals surface area contributed by atoms with E-state index in [1.165, 1.54) is 0 Å². The molecule has 174 valence electrons. The van der Waals surface area contributed by atoms with Gasteiger partial charge in [0, 0.05) is 37.4 Å². The number of sulfone groups is 1. The number of rotatable bonds is 7. The van der Waals surface area contributed by atoms with Gasteiger partial charge in [0.15, 0.2) is 15.9 Å². The Morgan fingerprint density at radius 2 is 1.75 bits per heavy atom. The van der Waals surface area contributed by atoms with Crippen molar-refractivity contribution >= 4 is 33.0 Å². The quantitative estimate of drug-likeness (QED) is 0.601. The standard InChI is InChI=1S/C24H31ClN2O4S/c1-16-12-22(13-17(2)23(16)25)31-18(3)24(28)27(21-10-11-32(29,30)15-21)14-19-6-8-20(9-7-19)26(4)5/h6-9,12-13,18,21H,10-11,14-15H2,1-5H3/t18-,21-/m0/s1. The van der Waals surface area contributed by atoms with Crippen LogP contribution in [-0.2, 0) is 21.2 Å². The molecule has 2 aromatic carbocycles. The van der Waals surface area contributed by atoms with Crippen LogP contribution >= 0.6 is 11.6 Å². The molecule has 2 aromatic rings. The third kappa shape index (κ3) is 5.75. The van der Waals surface area contributed by atoms with Gasteiger partial charge in [-0.25, -0.2) is 8.42 Å². The van der Waals surface area contributed by atoms with Crippen molar-refractivity contribution in [2.24, 2.45) is 0 Å². The van der Waals surface area contributed by atoms with Crippen LogP contribution in [0.4, 0.5) is 5.69 Å². The van der Waals surface area contributed by atoms with E-state index in [1.807, 2.05) is 69.2 Å². The maximum atomic E-state index is 13.4. The van der Waals surface area contributed by atoms with Gasteiger partial charge in [-0.1, -0.05) is 23.7 Å². The number of hydrogen-bond acceptors (Lipinski definition) is 5. The summed E-state index contributed by atoms with van der Waals surface area (Å²) in [6.07, 6.45) is -0.324. The number of carbonyl (C=O) groups excluding carboxylic acids is 1. The van der Waals surface area contributed by atoms with E-state index in [4.69, 9.17) is 16.3 Å². The maximum absolute atomic E-state index is 13.4. The van der Waals surface area contributed by atoms with Gasteiger partial charge in [-0.05, 0) is 68.1 Å². The number of nitrogens with zero attached hydrogens (tertiary/aromatic N) is 2. The van der Waals surface area contributed by atoms with Crippen LogP contribution in [0.15, 0.2) is 36.4 Å². The van der Waals surface area contributed by atoms with Crippen LogP contribution in [0.25, 0.3) is 0 Å². The lowest BCUT2D eigenvalue weighted by atomic mass is 10.1. The Balaban J connectivity index is 1.82. The number of hydrogen-bond donors (Lipinski definition) is 0. The predicted octanol–water partition coefficient (Wildman–Crippen LogP) is 4.01. The summed E-state index contributed by atoms with van der Waals surface area (Å²) in [6.45, 7) is 5.82. The maximum Gasteiger partial charge on any atom is 0.263 e. The normalized spacial score (nSPS) is 18.2. The van der Waals surface area contributed by atoms with Crippen molar-refractivity contribution in [1.29, 1.82) is 0 Å². The van der Waals surface area contributed by atoms with Gasteiger partial charge in [-0.3, -0.25) is 4.79 Å². The molecule has 0 aromatic heterocycles. The highest BCUT2D eigenvalue weighted by Gasteiger charge is 2.36. The van der Waals surface area contributed by atoms with Crippen molar-refractivity contribution in [1.82, 2.24) is 4.90 Å². The van der Waals surface area contributed by atoms with Gasteiger partial charge in [-0.2, -0.15) is 0 Å². The molecule has 2 atom stereocenters. The summed E-state index contributed by atoms with van der Waals surface area (Å²) < 4.78 is 30.2. The zero-order valence-corrected chi connectivity index (χ0v) is 20.8. The first kappa shape index (κ1) is 24.4. The van der Waals surface area contributed by atoms with Crippen LogP contribution in [0.5, 0.6) is 5.75 Å². The molecule has 32 heavy (non-hydrogen) atoms. The molecule has 1 aliphatic heterocycles. The molecule has 1 heterocycles. The Bertz CT molecular complexity index is 1060. The van der Waals surface area contributed by atoms with Gasteiger partial charge in [-0.15, -0.1) is 0 Å². The largest absolute Gasteiger partial charge is 0.481 e. The smallest absolute Gasteiger partial charge is 0.263 e. The highest BCUT2D eigenvalue weighted by Crippen LogP contribution is 2.28. The fourth-order valence-corrected chi connectivity index (χ4v) is 5.81. The lowest BCUT2D eigenvalue weighted by Gasteiger charge is -2.31. The fourth-order valence-electron chi connectivity index (χ4n) is 3.97. The molecule has 0 saturated carbocycles. The van der Waals surface area contributed by atoms with Crippen LogP contribution in [-0.4, -0.2) is 57.0 Å². The van der Waals surface area contributed by atoms with E-state index in [2.05, 4.69) is 0 Å². The number of halogens is 1. The molecule has 3 rings (SSSR count). The second-order valence-electron chi connectivity index (χ2n) is 8.72. The first-order chi connectivity index (χ1) is 15.0. The third-order valence-corrected chi connectivity index (χ3v) is 8.16. The van der Waals surface area contributed by atoms with Gasteiger partial charge in [0.25, 0.3) is 5.91 Å². The zero-order chi connectivity index (χ0) is 23.6. The Hall–Kier alpha value is -2.25. The molecular weight excluding hydrogens is 448 g/mol. The first-order valence-corrected chi connectivity index (χ1v) is 12.9. The summed E-state index contributed by atoms with van der Waals surface area (Å²) in [7, 11) is 0.791. The molecule has 1 aliphatic rings. The van der Waals surface area contributed by atoms with Gasteiger partial charge >= 0.3 is 0 Å². The van der Waals surface area contributed by atoms with E-state index in [-0.39, 0.29) is 23.5 Å². The van der Waals surface area contributed by atoms with E-state index < -0.39 is 15.9 Å². The number of benzene rings is 2. The van der Waals surface area contributed by atoms with E-state index >= 15 is 0 Å². The monoisotopic (exact) mass is 478 g/mol. The molecule has 0 radical (unpaired) electrons. The van der Waals surface area contributed by atoms with Gasteiger partial charge in [0.1, 0.15) is 5.75 Å². The number of amides is 1. The Morgan fingerprint density at radius 3 is 2.25 bits per heavy atom. The minimum absolute atomic E-state index is 0.0135. The van der Waals surface area contributed by atoms with Crippen molar-refractivity contribution in [2.75, 3.05) is 30.5 Å². The predicted molar refractivity (Wildman–Crippen MR) is 129 cm³/mol. The Kier molecular flexibility index (Phi) is 7.40. The second kappa shape index (κ2) is 9.71. The molecule has 1 saturated heterocycles. The van der Waals surface area contributed by atoms with Gasteiger partial charge < -0.3 is 14.5 Å². The van der Waals surface area contributed by atoms with Crippen LogP contribution < -0.4 is 9.64 Å². The van der Waals surface area contributed by atoms with Gasteiger partial charge in [0.2, 0.25) is 0 Å². The summed E-state index contributed by atoms with van der Waals surface area (Å²) in [6, 6.07) is 11.2. The molecule has 1 fully saturated rings. The zero-order valence-electron chi connectivity index (χ0n) is 19.3.